The van der Waals surface area contributed by atoms with Crippen molar-refractivity contribution in [3.05, 3.63) is 0 Å². The van der Waals surface area contributed by atoms with E-state index in [2.05, 4.69) is 6.92 Å². The lowest BCUT2D eigenvalue weighted by Gasteiger charge is -2.29. The molecule has 18 heavy (non-hydrogen) atoms. The maximum Gasteiger partial charge on any atom is 0.313 e. The Morgan fingerprint density at radius 1 is 1.28 bits per heavy atom. The van der Waals surface area contributed by atoms with Gasteiger partial charge in [-0.3, -0.25) is 4.79 Å². The van der Waals surface area contributed by atoms with Crippen molar-refractivity contribution in [1.82, 2.24) is 0 Å². The van der Waals surface area contributed by atoms with Gasteiger partial charge in [-0.25, -0.2) is 0 Å². The first-order chi connectivity index (χ1) is 8.68. The smallest absolute Gasteiger partial charge is 0.313 e. The first-order valence-corrected chi connectivity index (χ1v) is 7.47. The van der Waals surface area contributed by atoms with Gasteiger partial charge in [0.25, 0.3) is 0 Å². The maximum absolute atomic E-state index is 12.0. The summed E-state index contributed by atoms with van der Waals surface area (Å²) in [6, 6.07) is 0. The van der Waals surface area contributed by atoms with Crippen LogP contribution in [0, 0.1) is 11.3 Å². The van der Waals surface area contributed by atoms with Gasteiger partial charge < -0.3 is 10.5 Å². The van der Waals surface area contributed by atoms with Crippen LogP contribution in [0.3, 0.4) is 0 Å². The summed E-state index contributed by atoms with van der Waals surface area (Å²) in [5.74, 6) is 0.621. The summed E-state index contributed by atoms with van der Waals surface area (Å²) in [4.78, 5) is 12.0. The molecule has 0 aromatic carbocycles. The van der Waals surface area contributed by atoms with E-state index < -0.39 is 5.41 Å². The third-order valence-electron chi connectivity index (χ3n) is 4.14. The molecule has 0 bridgehead atoms. The number of nitrogens with two attached hydrogens (primary N) is 1. The van der Waals surface area contributed by atoms with Crippen LogP contribution in [0.4, 0.5) is 0 Å². The van der Waals surface area contributed by atoms with Crippen LogP contribution in [-0.4, -0.2) is 19.6 Å². The number of rotatable bonds is 10. The lowest BCUT2D eigenvalue weighted by atomic mass is 9.77. The van der Waals surface area contributed by atoms with Crippen LogP contribution >= 0.6 is 0 Å². The molecule has 0 radical (unpaired) electrons. The predicted octanol–water partition coefficient (Wildman–Crippen LogP) is 3.27. The van der Waals surface area contributed by atoms with E-state index in [-0.39, 0.29) is 5.97 Å². The van der Waals surface area contributed by atoms with E-state index in [9.17, 15) is 4.79 Å². The second-order valence-corrected chi connectivity index (χ2v) is 5.79. The maximum atomic E-state index is 12.0. The molecule has 3 heteroatoms. The fourth-order valence-electron chi connectivity index (χ4n) is 2.71. The topological polar surface area (TPSA) is 52.3 Å². The minimum atomic E-state index is -0.401. The highest BCUT2D eigenvalue weighted by Gasteiger charge is 2.42. The Hall–Kier alpha value is -0.570. The van der Waals surface area contributed by atoms with Crippen LogP contribution < -0.4 is 5.73 Å². The SMILES string of the molecule is CCCCCCCC(CN)(CC1CC1)C(=O)OC. The third-order valence-corrected chi connectivity index (χ3v) is 4.14. The minimum absolute atomic E-state index is 0.0904. The standard InChI is InChI=1S/C15H29NO2/c1-3-4-5-6-7-10-15(12-16,14(17)18-2)11-13-8-9-13/h13H,3-12,16H2,1-2H3. The quantitative estimate of drug-likeness (QED) is 0.481. The second-order valence-electron chi connectivity index (χ2n) is 5.79. The molecule has 0 saturated heterocycles. The van der Waals surface area contributed by atoms with Gasteiger partial charge in [0.15, 0.2) is 0 Å². The van der Waals surface area contributed by atoms with Crippen molar-refractivity contribution in [3.63, 3.8) is 0 Å². The molecule has 1 rings (SSSR count). The molecule has 0 spiro atoms. The normalized spacial score (nSPS) is 18.4. The number of hydrogen-bond donors (Lipinski definition) is 1. The molecular weight excluding hydrogens is 226 g/mol. The Labute approximate surface area is 111 Å². The molecule has 1 fully saturated rings. The largest absolute Gasteiger partial charge is 0.469 e. The van der Waals surface area contributed by atoms with Gasteiger partial charge in [-0.1, -0.05) is 51.9 Å². The molecule has 0 aromatic rings. The van der Waals surface area contributed by atoms with Crippen molar-refractivity contribution in [2.45, 2.75) is 64.7 Å². The van der Waals surface area contributed by atoms with E-state index in [0.29, 0.717) is 12.5 Å². The van der Waals surface area contributed by atoms with Crippen molar-refractivity contribution in [2.75, 3.05) is 13.7 Å². The number of unbranched alkanes of at least 4 members (excludes halogenated alkanes) is 4. The van der Waals surface area contributed by atoms with Crippen molar-refractivity contribution in [3.8, 4) is 0 Å². The van der Waals surface area contributed by atoms with Crippen molar-refractivity contribution in [1.29, 1.82) is 0 Å². The van der Waals surface area contributed by atoms with E-state index in [1.165, 1.54) is 45.6 Å². The molecular formula is C15H29NO2. The Balaban J connectivity index is 2.44. The van der Waals surface area contributed by atoms with Crippen LogP contribution in [-0.2, 0) is 9.53 Å². The summed E-state index contributed by atoms with van der Waals surface area (Å²) in [7, 11) is 1.48. The molecule has 2 N–H and O–H groups in total. The van der Waals surface area contributed by atoms with Crippen LogP contribution in [0.1, 0.15) is 64.7 Å². The molecule has 0 amide bonds. The molecule has 1 aliphatic rings. The van der Waals surface area contributed by atoms with Gasteiger partial charge in [-0.05, 0) is 18.8 Å². The average molecular weight is 255 g/mol. The van der Waals surface area contributed by atoms with E-state index in [1.807, 2.05) is 0 Å². The molecule has 0 heterocycles. The molecule has 0 aliphatic heterocycles. The van der Waals surface area contributed by atoms with E-state index in [1.54, 1.807) is 0 Å². The summed E-state index contributed by atoms with van der Waals surface area (Å²) < 4.78 is 4.99. The number of hydrogen-bond acceptors (Lipinski definition) is 3. The lowest BCUT2D eigenvalue weighted by molar-refractivity contribution is -0.153. The van der Waals surface area contributed by atoms with E-state index >= 15 is 0 Å². The van der Waals surface area contributed by atoms with Gasteiger partial charge in [0.2, 0.25) is 0 Å². The van der Waals surface area contributed by atoms with Gasteiger partial charge in [0.1, 0.15) is 0 Å². The van der Waals surface area contributed by atoms with E-state index in [4.69, 9.17) is 10.5 Å². The van der Waals surface area contributed by atoms with Gasteiger partial charge in [0.05, 0.1) is 12.5 Å². The number of esters is 1. The van der Waals surface area contributed by atoms with Gasteiger partial charge >= 0.3 is 5.97 Å². The molecule has 1 unspecified atom stereocenters. The molecule has 1 saturated carbocycles. The second kappa shape index (κ2) is 7.78. The zero-order valence-electron chi connectivity index (χ0n) is 12.0. The van der Waals surface area contributed by atoms with Crippen LogP contribution in [0.15, 0.2) is 0 Å². The zero-order valence-corrected chi connectivity index (χ0v) is 12.0. The monoisotopic (exact) mass is 255 g/mol. The highest BCUT2D eigenvalue weighted by molar-refractivity contribution is 5.77. The fourth-order valence-corrected chi connectivity index (χ4v) is 2.71. The van der Waals surface area contributed by atoms with Crippen molar-refractivity contribution < 1.29 is 9.53 Å². The Kier molecular flexibility index (Phi) is 6.69. The summed E-state index contributed by atoms with van der Waals surface area (Å²) in [6.45, 7) is 2.65. The summed E-state index contributed by atoms with van der Waals surface area (Å²) in [5.41, 5.74) is 5.50. The van der Waals surface area contributed by atoms with Crippen LogP contribution in [0.5, 0.6) is 0 Å². The highest BCUT2D eigenvalue weighted by Crippen LogP contribution is 2.43. The highest BCUT2D eigenvalue weighted by atomic mass is 16.5. The Bertz CT molecular complexity index is 251. The Morgan fingerprint density at radius 3 is 2.44 bits per heavy atom. The Morgan fingerprint density at radius 2 is 1.94 bits per heavy atom. The van der Waals surface area contributed by atoms with Gasteiger partial charge in [-0.15, -0.1) is 0 Å². The summed E-state index contributed by atoms with van der Waals surface area (Å²) >= 11 is 0. The van der Waals surface area contributed by atoms with Crippen molar-refractivity contribution in [2.24, 2.45) is 17.1 Å². The first-order valence-electron chi connectivity index (χ1n) is 7.47. The van der Waals surface area contributed by atoms with Crippen LogP contribution in [0.2, 0.25) is 0 Å². The zero-order chi connectivity index (χ0) is 13.4. The predicted molar refractivity (Wildman–Crippen MR) is 74.2 cm³/mol. The number of carbonyl (C=O) groups is 1. The lowest BCUT2D eigenvalue weighted by Crippen LogP contribution is -2.40. The fraction of sp³-hybridized carbons (Fsp3) is 0.933. The molecule has 106 valence electrons. The summed E-state index contributed by atoms with van der Waals surface area (Å²) in [5, 5.41) is 0. The van der Waals surface area contributed by atoms with Crippen LogP contribution in [0.25, 0.3) is 0 Å². The average Bonchev–Trinajstić information content (AvgIpc) is 3.20. The third kappa shape index (κ3) is 4.60. The number of methoxy groups -OCH3 is 1. The van der Waals surface area contributed by atoms with E-state index in [0.717, 1.165) is 19.3 Å². The minimum Gasteiger partial charge on any atom is -0.469 e. The van der Waals surface area contributed by atoms with Crippen molar-refractivity contribution >= 4 is 5.97 Å². The molecule has 1 atom stereocenters. The summed E-state index contributed by atoms with van der Waals surface area (Å²) in [6.07, 6.45) is 10.5. The number of ether oxygens (including phenoxy) is 1. The van der Waals surface area contributed by atoms with Gasteiger partial charge in [0, 0.05) is 6.54 Å². The molecule has 0 aromatic heterocycles. The van der Waals surface area contributed by atoms with Gasteiger partial charge in [-0.2, -0.15) is 0 Å². The molecule has 3 nitrogen and oxygen atoms in total. The number of carbonyl (C=O) groups excluding carboxylic acids is 1. The first kappa shape index (κ1) is 15.5. The molecule has 1 aliphatic carbocycles.